The molecule has 136 valence electrons. The Bertz CT molecular complexity index is 606. The molecule has 1 aromatic heterocycles. The van der Waals surface area contributed by atoms with E-state index in [1.807, 2.05) is 31.8 Å². The lowest BCUT2D eigenvalue weighted by Crippen LogP contribution is -2.46. The van der Waals surface area contributed by atoms with Crippen molar-refractivity contribution >= 4 is 47.0 Å². The molecule has 6 heteroatoms. The van der Waals surface area contributed by atoms with Crippen LogP contribution in [-0.2, 0) is 0 Å². The molecule has 0 aliphatic carbocycles. The summed E-state index contributed by atoms with van der Waals surface area (Å²) in [5.74, 6) is 1.14. The summed E-state index contributed by atoms with van der Waals surface area (Å²) in [5, 5.41) is 6.08. The van der Waals surface area contributed by atoms with Crippen LogP contribution in [0, 0.1) is 6.92 Å². The number of hydrogen-bond donors (Lipinski definition) is 0. The smallest absolute Gasteiger partial charge is 0.159 e. The zero-order valence-corrected chi connectivity index (χ0v) is 18.8. The fourth-order valence-electron chi connectivity index (χ4n) is 2.75. The van der Waals surface area contributed by atoms with Crippen molar-refractivity contribution in [3.63, 3.8) is 0 Å². The second-order valence-electron chi connectivity index (χ2n) is 5.21. The van der Waals surface area contributed by atoms with E-state index in [0.29, 0.717) is 0 Å². The summed E-state index contributed by atoms with van der Waals surface area (Å²) in [7, 11) is 1.63. The number of aromatic nitrogens is 2. The maximum Gasteiger partial charge on any atom is 0.159 e. The second kappa shape index (κ2) is 11.2. The summed E-state index contributed by atoms with van der Waals surface area (Å²) in [4.78, 5) is 4.92. The Hall–Kier alpha value is -0.470. The molecule has 0 bridgehead atoms. The van der Waals surface area contributed by atoms with Crippen molar-refractivity contribution in [3.05, 3.63) is 23.8 Å². The molecule has 1 aromatic carbocycles. The highest BCUT2D eigenvalue weighted by Gasteiger charge is 2.21. The van der Waals surface area contributed by atoms with Crippen molar-refractivity contribution in [3.8, 4) is 0 Å². The topological polar surface area (TPSA) is 24.3 Å². The van der Waals surface area contributed by atoms with Gasteiger partial charge in [0.15, 0.2) is 5.82 Å². The molecule has 0 unspecified atom stereocenters. The van der Waals surface area contributed by atoms with Crippen molar-refractivity contribution < 1.29 is 0 Å². The van der Waals surface area contributed by atoms with Crippen LogP contribution < -0.4 is 4.90 Å². The van der Waals surface area contributed by atoms with E-state index in [0.717, 1.165) is 38.5 Å². The van der Waals surface area contributed by atoms with Gasteiger partial charge in [-0.1, -0.05) is 46.2 Å². The van der Waals surface area contributed by atoms with Gasteiger partial charge in [-0.05, 0) is 25.6 Å². The Morgan fingerprint density at radius 1 is 1.08 bits per heavy atom. The van der Waals surface area contributed by atoms with Crippen molar-refractivity contribution in [2.24, 2.45) is 0 Å². The minimum Gasteiger partial charge on any atom is -0.352 e. The lowest BCUT2D eigenvalue weighted by molar-refractivity contribution is 0.270. The van der Waals surface area contributed by atoms with Gasteiger partial charge < -0.3 is 9.80 Å². The van der Waals surface area contributed by atoms with Crippen LogP contribution in [0.2, 0.25) is 0 Å². The van der Waals surface area contributed by atoms with E-state index < -0.39 is 0 Å². The zero-order valence-electron chi connectivity index (χ0n) is 15.8. The molecule has 1 saturated heterocycles. The van der Waals surface area contributed by atoms with E-state index in [2.05, 4.69) is 63.1 Å². The average molecular weight is 462 g/mol. The van der Waals surface area contributed by atoms with E-state index in [1.165, 1.54) is 16.5 Å². The van der Waals surface area contributed by atoms with Gasteiger partial charge in [0.2, 0.25) is 0 Å². The zero-order chi connectivity index (χ0) is 18.1. The Kier molecular flexibility index (Phi) is 10.1. The highest BCUT2D eigenvalue weighted by molar-refractivity contribution is 14.2. The number of benzene rings is 1. The molecule has 0 radical (unpaired) electrons. The molecular weight excluding hydrogens is 431 g/mol. The monoisotopic (exact) mass is 462 g/mol. The highest BCUT2D eigenvalue weighted by Crippen LogP contribution is 2.32. The number of nitrogens with zero attached hydrogens (tertiary/aromatic N) is 4. The highest BCUT2D eigenvalue weighted by atomic mass is 127. The van der Waals surface area contributed by atoms with E-state index >= 15 is 0 Å². The maximum absolute atomic E-state index is 4.80. The first-order valence-electron chi connectivity index (χ1n) is 8.98. The largest absolute Gasteiger partial charge is 0.352 e. The lowest BCUT2D eigenvalue weighted by Gasteiger charge is -2.34. The molecule has 0 spiro atoms. The molecule has 1 aliphatic rings. The second-order valence-corrected chi connectivity index (χ2v) is 6.87. The Morgan fingerprint density at radius 2 is 1.71 bits per heavy atom. The van der Waals surface area contributed by atoms with Gasteiger partial charge in [0, 0.05) is 61.9 Å². The summed E-state index contributed by atoms with van der Waals surface area (Å²) in [6.45, 7) is 17.9. The molecule has 24 heavy (non-hydrogen) atoms. The summed E-state index contributed by atoms with van der Waals surface area (Å²) < 4.78 is 2.02. The van der Waals surface area contributed by atoms with E-state index in [1.54, 1.807) is 9.12 Å². The van der Waals surface area contributed by atoms with Crippen LogP contribution >= 0.6 is 30.3 Å². The third-order valence-electron chi connectivity index (χ3n) is 3.97. The molecule has 0 atom stereocenters. The number of rotatable bonds is 3. The Morgan fingerprint density at radius 3 is 2.25 bits per heavy atom. The van der Waals surface area contributed by atoms with Crippen LogP contribution in [0.15, 0.2) is 18.2 Å². The summed E-state index contributed by atoms with van der Waals surface area (Å²) in [5.41, 5.74) is 2.51. The number of halogens is 1. The summed E-state index contributed by atoms with van der Waals surface area (Å²) >= 11 is 2.29. The first kappa shape index (κ1) is 21.6. The van der Waals surface area contributed by atoms with Crippen molar-refractivity contribution in [2.75, 3.05) is 37.6 Å². The van der Waals surface area contributed by atoms with Gasteiger partial charge >= 0.3 is 0 Å². The van der Waals surface area contributed by atoms with Crippen molar-refractivity contribution in [1.82, 2.24) is 14.1 Å². The molecule has 3 rings (SSSR count). The quantitative estimate of drug-likeness (QED) is 0.572. The molecule has 2 heterocycles. The first-order valence-corrected chi connectivity index (χ1v) is 12.3. The summed E-state index contributed by atoms with van der Waals surface area (Å²) in [6, 6.07) is 6.59. The fraction of sp³-hybridized carbons (Fsp3) is 0.611. The Labute approximate surface area is 163 Å². The number of likely N-dealkylation sites (N-methyl/N-ethyl adjacent to an activating group) is 1. The molecular formula is C18H31IN4S. The number of hydrogen-bond acceptors (Lipinski definition) is 4. The van der Waals surface area contributed by atoms with Crippen LogP contribution in [0.1, 0.15) is 40.2 Å². The molecule has 0 amide bonds. The number of aryl methyl sites for hydroxylation is 1. The molecule has 1 fully saturated rings. The normalized spacial score (nSPS) is 14.7. The fourth-order valence-corrected chi connectivity index (χ4v) is 3.99. The minimum absolute atomic E-state index is 1.07. The molecule has 0 saturated carbocycles. The minimum atomic E-state index is 1.07. The van der Waals surface area contributed by atoms with Gasteiger partial charge in [-0.3, -0.25) is 0 Å². The SMILES string of the molecule is CC.CC.CCN1CCN(c2nn(SI)c3ccc(C)cc23)CC1. The predicted molar refractivity (Wildman–Crippen MR) is 119 cm³/mol. The molecule has 2 aromatic rings. The van der Waals surface area contributed by atoms with Crippen LogP contribution in [0.4, 0.5) is 5.82 Å². The standard InChI is InChI=1S/C14H19IN4S.2C2H6/c1-3-17-6-8-18(9-7-17)14-12-10-11(2)4-5-13(12)19(16-14)20-15;2*1-2/h4-5,10H,3,6-9H2,1-2H3;2*1-2H3. The number of fused-ring (bicyclic) bond motifs is 1. The number of piperazine rings is 1. The average Bonchev–Trinajstić information content (AvgIpc) is 3.03. The van der Waals surface area contributed by atoms with Crippen molar-refractivity contribution in [2.45, 2.75) is 41.5 Å². The van der Waals surface area contributed by atoms with Crippen LogP contribution in [0.25, 0.3) is 10.9 Å². The van der Waals surface area contributed by atoms with Gasteiger partial charge in [-0.15, -0.1) is 5.10 Å². The van der Waals surface area contributed by atoms with Gasteiger partial charge in [0.1, 0.15) is 0 Å². The van der Waals surface area contributed by atoms with Gasteiger partial charge in [0.25, 0.3) is 0 Å². The van der Waals surface area contributed by atoms with Gasteiger partial charge in [-0.25, -0.2) is 0 Å². The Balaban J connectivity index is 0.000000671. The molecule has 4 nitrogen and oxygen atoms in total. The molecule has 1 aliphatic heterocycles. The van der Waals surface area contributed by atoms with Gasteiger partial charge in [0.05, 0.1) is 5.52 Å². The third-order valence-corrected chi connectivity index (χ3v) is 5.50. The predicted octanol–water partition coefficient (Wildman–Crippen LogP) is 5.39. The molecule has 0 N–H and O–H groups in total. The van der Waals surface area contributed by atoms with Crippen LogP contribution in [-0.4, -0.2) is 46.8 Å². The van der Waals surface area contributed by atoms with Gasteiger partial charge in [-0.2, -0.15) is 4.09 Å². The van der Waals surface area contributed by atoms with Crippen molar-refractivity contribution in [1.29, 1.82) is 0 Å². The van der Waals surface area contributed by atoms with E-state index in [4.69, 9.17) is 5.10 Å². The van der Waals surface area contributed by atoms with Crippen LogP contribution in [0.3, 0.4) is 0 Å². The summed E-state index contributed by atoms with van der Waals surface area (Å²) in [6.07, 6.45) is 0. The van der Waals surface area contributed by atoms with Crippen LogP contribution in [0.5, 0.6) is 0 Å². The lowest BCUT2D eigenvalue weighted by atomic mass is 10.1. The first-order chi connectivity index (χ1) is 11.7. The van der Waals surface area contributed by atoms with E-state index in [-0.39, 0.29) is 0 Å². The van der Waals surface area contributed by atoms with E-state index in [9.17, 15) is 0 Å². The third kappa shape index (κ3) is 5.02. The maximum atomic E-state index is 4.80. The number of anilines is 1.